The van der Waals surface area contributed by atoms with Crippen molar-refractivity contribution in [1.29, 1.82) is 0 Å². The van der Waals surface area contributed by atoms with Crippen molar-refractivity contribution in [2.24, 2.45) is 0 Å². The smallest absolute Gasteiger partial charge is 0.261 e. The molecule has 1 fully saturated rings. The van der Waals surface area contributed by atoms with Crippen LogP contribution in [-0.2, 0) is 10.0 Å². The molecule has 0 saturated carbocycles. The second-order valence-corrected chi connectivity index (χ2v) is 7.55. The molecule has 3 N–H and O–H groups in total. The Morgan fingerprint density at radius 3 is 2.52 bits per heavy atom. The third-order valence-corrected chi connectivity index (χ3v) is 5.43. The third-order valence-electron chi connectivity index (χ3n) is 4.03. The van der Waals surface area contributed by atoms with Gasteiger partial charge in [-0.25, -0.2) is 8.42 Å². The van der Waals surface area contributed by atoms with Crippen LogP contribution in [0.5, 0.6) is 0 Å². The fourth-order valence-electron chi connectivity index (χ4n) is 2.67. The Kier molecular flexibility index (Phi) is 5.30. The van der Waals surface area contributed by atoms with Crippen molar-refractivity contribution < 1.29 is 13.2 Å². The van der Waals surface area contributed by atoms with E-state index in [1.807, 2.05) is 0 Å². The van der Waals surface area contributed by atoms with Crippen LogP contribution >= 0.6 is 0 Å². The lowest BCUT2D eigenvalue weighted by molar-refractivity contribution is 0.0950. The number of amides is 1. The van der Waals surface area contributed by atoms with Crippen LogP contribution < -0.4 is 15.4 Å². The SMILES string of the molecule is O=C(NCC1CCCN1)c1ccc(S(=O)(=O)Nc2ccncc2)cc1. The molecule has 7 nitrogen and oxygen atoms in total. The first kappa shape index (κ1) is 17.4. The van der Waals surface area contributed by atoms with Gasteiger partial charge in [0, 0.05) is 30.5 Å². The highest BCUT2D eigenvalue weighted by Gasteiger charge is 2.17. The van der Waals surface area contributed by atoms with Gasteiger partial charge in [-0.1, -0.05) is 0 Å². The highest BCUT2D eigenvalue weighted by atomic mass is 32.2. The maximum atomic E-state index is 12.3. The summed E-state index contributed by atoms with van der Waals surface area (Å²) < 4.78 is 27.2. The molecule has 25 heavy (non-hydrogen) atoms. The summed E-state index contributed by atoms with van der Waals surface area (Å²) in [6.07, 6.45) is 5.19. The van der Waals surface area contributed by atoms with Crippen LogP contribution in [0.3, 0.4) is 0 Å². The molecule has 3 rings (SSSR count). The predicted molar refractivity (Wildman–Crippen MR) is 94.8 cm³/mol. The molecule has 1 aromatic carbocycles. The van der Waals surface area contributed by atoms with E-state index in [1.165, 1.54) is 36.7 Å². The molecule has 1 aromatic heterocycles. The lowest BCUT2D eigenvalue weighted by atomic mass is 10.2. The van der Waals surface area contributed by atoms with E-state index in [0.29, 0.717) is 23.8 Å². The summed E-state index contributed by atoms with van der Waals surface area (Å²) in [5.41, 5.74) is 0.863. The van der Waals surface area contributed by atoms with Crippen molar-refractivity contribution in [3.63, 3.8) is 0 Å². The van der Waals surface area contributed by atoms with Gasteiger partial charge >= 0.3 is 0 Å². The standard InChI is InChI=1S/C17H20N4O3S/c22-17(20-12-15-2-1-9-19-15)13-3-5-16(6-4-13)25(23,24)21-14-7-10-18-11-8-14/h3-8,10-11,15,19H,1-2,9,12H2,(H,18,21)(H,20,22). The van der Waals surface area contributed by atoms with Gasteiger partial charge in [-0.3, -0.25) is 14.5 Å². The molecule has 132 valence electrons. The molecular weight excluding hydrogens is 340 g/mol. The van der Waals surface area contributed by atoms with E-state index < -0.39 is 10.0 Å². The summed E-state index contributed by atoms with van der Waals surface area (Å²) in [4.78, 5) is 16.1. The highest BCUT2D eigenvalue weighted by Crippen LogP contribution is 2.16. The quantitative estimate of drug-likeness (QED) is 0.722. The number of carbonyl (C=O) groups excluding carboxylic acids is 1. The Morgan fingerprint density at radius 1 is 1.16 bits per heavy atom. The highest BCUT2D eigenvalue weighted by molar-refractivity contribution is 7.92. The zero-order valence-corrected chi connectivity index (χ0v) is 14.4. The molecule has 0 bridgehead atoms. The minimum Gasteiger partial charge on any atom is -0.350 e. The monoisotopic (exact) mass is 360 g/mol. The van der Waals surface area contributed by atoms with E-state index in [0.717, 1.165) is 19.4 Å². The van der Waals surface area contributed by atoms with Gasteiger partial charge in [0.2, 0.25) is 0 Å². The number of aromatic nitrogens is 1. The minimum absolute atomic E-state index is 0.0957. The normalized spacial score (nSPS) is 17.2. The topological polar surface area (TPSA) is 100 Å². The molecule has 2 heterocycles. The van der Waals surface area contributed by atoms with E-state index in [2.05, 4.69) is 20.3 Å². The molecule has 0 radical (unpaired) electrons. The molecule has 1 amide bonds. The Bertz CT molecular complexity index is 817. The molecule has 1 atom stereocenters. The fraction of sp³-hybridized carbons (Fsp3) is 0.294. The number of rotatable bonds is 6. The molecule has 1 aliphatic heterocycles. The second-order valence-electron chi connectivity index (χ2n) is 5.87. The van der Waals surface area contributed by atoms with E-state index in [-0.39, 0.29) is 10.8 Å². The summed E-state index contributed by atoms with van der Waals surface area (Å²) in [6, 6.07) is 9.32. The first-order chi connectivity index (χ1) is 12.0. The van der Waals surface area contributed by atoms with Crippen LogP contribution in [0.1, 0.15) is 23.2 Å². The van der Waals surface area contributed by atoms with Crippen LogP contribution in [0.2, 0.25) is 0 Å². The Labute approximate surface area is 146 Å². The van der Waals surface area contributed by atoms with Gasteiger partial charge in [0.25, 0.3) is 15.9 Å². The van der Waals surface area contributed by atoms with Crippen molar-refractivity contribution in [3.8, 4) is 0 Å². The average molecular weight is 360 g/mol. The summed E-state index contributed by atoms with van der Waals surface area (Å²) in [7, 11) is -3.70. The number of benzene rings is 1. The predicted octanol–water partition coefficient (Wildman–Crippen LogP) is 1.36. The molecule has 2 aromatic rings. The first-order valence-electron chi connectivity index (χ1n) is 8.09. The number of nitrogens with one attached hydrogen (secondary N) is 3. The van der Waals surface area contributed by atoms with Crippen LogP contribution in [0.15, 0.2) is 53.7 Å². The van der Waals surface area contributed by atoms with Crippen molar-refractivity contribution in [2.45, 2.75) is 23.8 Å². The molecule has 0 aliphatic carbocycles. The van der Waals surface area contributed by atoms with Crippen LogP contribution in [-0.4, -0.2) is 38.4 Å². The lowest BCUT2D eigenvalue weighted by Crippen LogP contribution is -2.37. The van der Waals surface area contributed by atoms with Crippen molar-refractivity contribution in [2.75, 3.05) is 17.8 Å². The molecule has 8 heteroatoms. The number of hydrogen-bond donors (Lipinski definition) is 3. The molecule has 1 unspecified atom stereocenters. The number of carbonyl (C=O) groups is 1. The number of pyridine rings is 1. The Hall–Kier alpha value is -2.45. The summed E-state index contributed by atoms with van der Waals surface area (Å²) in [5.74, 6) is -0.209. The maximum absolute atomic E-state index is 12.3. The Morgan fingerprint density at radius 2 is 1.88 bits per heavy atom. The first-order valence-corrected chi connectivity index (χ1v) is 9.57. The van der Waals surface area contributed by atoms with Gasteiger partial charge in [0.1, 0.15) is 0 Å². The lowest BCUT2D eigenvalue weighted by Gasteiger charge is -2.12. The molecule has 0 spiro atoms. The minimum atomic E-state index is -3.70. The van der Waals surface area contributed by atoms with Gasteiger partial charge in [0.05, 0.1) is 10.6 Å². The third kappa shape index (κ3) is 4.55. The zero-order valence-electron chi connectivity index (χ0n) is 13.6. The van der Waals surface area contributed by atoms with Gasteiger partial charge in [-0.2, -0.15) is 0 Å². The number of anilines is 1. The molecule has 1 aliphatic rings. The van der Waals surface area contributed by atoms with Crippen molar-refractivity contribution in [3.05, 3.63) is 54.4 Å². The average Bonchev–Trinajstić information content (AvgIpc) is 3.14. The van der Waals surface area contributed by atoms with Crippen LogP contribution in [0.25, 0.3) is 0 Å². The fourth-order valence-corrected chi connectivity index (χ4v) is 3.73. The number of nitrogens with zero attached hydrogens (tertiary/aromatic N) is 1. The summed E-state index contributed by atoms with van der Waals surface area (Å²) >= 11 is 0. The van der Waals surface area contributed by atoms with Gasteiger partial charge < -0.3 is 10.6 Å². The maximum Gasteiger partial charge on any atom is 0.261 e. The van der Waals surface area contributed by atoms with Crippen LogP contribution in [0, 0.1) is 0 Å². The van der Waals surface area contributed by atoms with E-state index in [4.69, 9.17) is 0 Å². The van der Waals surface area contributed by atoms with Crippen molar-refractivity contribution in [1.82, 2.24) is 15.6 Å². The molecule has 1 saturated heterocycles. The Balaban J connectivity index is 1.63. The van der Waals surface area contributed by atoms with Gasteiger partial charge in [-0.05, 0) is 55.8 Å². The van der Waals surface area contributed by atoms with Gasteiger partial charge in [0.15, 0.2) is 0 Å². The zero-order chi connectivity index (χ0) is 17.7. The number of hydrogen-bond acceptors (Lipinski definition) is 5. The van der Waals surface area contributed by atoms with Gasteiger partial charge in [-0.15, -0.1) is 0 Å². The second kappa shape index (κ2) is 7.62. The largest absolute Gasteiger partial charge is 0.350 e. The number of sulfonamides is 1. The van der Waals surface area contributed by atoms with Crippen molar-refractivity contribution >= 4 is 21.6 Å². The van der Waals surface area contributed by atoms with E-state index in [1.54, 1.807) is 12.1 Å². The van der Waals surface area contributed by atoms with E-state index in [9.17, 15) is 13.2 Å². The van der Waals surface area contributed by atoms with Crippen LogP contribution in [0.4, 0.5) is 5.69 Å². The molecular formula is C17H20N4O3S. The summed E-state index contributed by atoms with van der Waals surface area (Å²) in [5, 5.41) is 6.17. The van der Waals surface area contributed by atoms with E-state index >= 15 is 0 Å². The summed E-state index contributed by atoms with van der Waals surface area (Å²) in [6.45, 7) is 1.56.